The van der Waals surface area contributed by atoms with Crippen LogP contribution in [0.2, 0.25) is 0 Å². The Morgan fingerprint density at radius 3 is 2.50 bits per heavy atom. The number of aromatic nitrogens is 1. The molecular weight excluding hydrogens is 232 g/mol. The Morgan fingerprint density at radius 1 is 1.44 bits per heavy atom. The molecule has 7 nitrogen and oxygen atoms in total. The third-order valence-electron chi connectivity index (χ3n) is 1.95. The fourth-order valence-corrected chi connectivity index (χ4v) is 1.37. The Bertz CT molecular complexity index is 477. The van der Waals surface area contributed by atoms with Crippen molar-refractivity contribution < 1.29 is 13.2 Å². The third-order valence-corrected chi connectivity index (χ3v) is 3.27. The molecule has 1 aromatic rings. The van der Waals surface area contributed by atoms with Crippen molar-refractivity contribution in [3.8, 4) is 0 Å². The van der Waals surface area contributed by atoms with E-state index in [9.17, 15) is 13.2 Å². The van der Waals surface area contributed by atoms with Crippen molar-refractivity contribution in [3.05, 3.63) is 24.0 Å². The molecule has 0 aliphatic heterocycles. The van der Waals surface area contributed by atoms with Gasteiger partial charge in [-0.2, -0.15) is 12.7 Å². The Hall–Kier alpha value is -1.38. The molecule has 0 unspecified atom stereocenters. The molecule has 0 fully saturated rings. The zero-order chi connectivity index (χ0) is 12.3. The monoisotopic (exact) mass is 246 g/mol. The van der Waals surface area contributed by atoms with E-state index in [4.69, 9.17) is 0 Å². The van der Waals surface area contributed by atoms with Crippen LogP contribution in [-0.4, -0.2) is 37.3 Å². The Labute approximate surface area is 94.2 Å². The predicted molar refractivity (Wildman–Crippen MR) is 58.6 cm³/mol. The van der Waals surface area contributed by atoms with Crippen LogP contribution in [0.15, 0.2) is 18.3 Å². The van der Waals surface area contributed by atoms with Crippen LogP contribution < -0.4 is 10.3 Å². The fourth-order valence-electron chi connectivity index (χ4n) is 0.963. The summed E-state index contributed by atoms with van der Waals surface area (Å²) in [7, 11) is 0.751. The van der Waals surface area contributed by atoms with Gasteiger partial charge in [-0.15, -0.1) is 4.83 Å². The number of amides is 1. The second-order valence-electron chi connectivity index (χ2n) is 3.35. The summed E-state index contributed by atoms with van der Waals surface area (Å²) in [4.78, 5) is 13.5. The number of nitrogens with zero attached hydrogens (tertiary/aromatic N) is 2. The highest BCUT2D eigenvalue weighted by Crippen LogP contribution is 1.98. The van der Waals surface area contributed by atoms with Gasteiger partial charge in [0.15, 0.2) is 0 Å². The summed E-state index contributed by atoms with van der Waals surface area (Å²) in [5.41, 5.74) is 2.47. The van der Waals surface area contributed by atoms with Gasteiger partial charge in [0.1, 0.15) is 5.69 Å². The molecule has 1 heterocycles. The van der Waals surface area contributed by atoms with Crippen molar-refractivity contribution in [3.63, 3.8) is 0 Å². The second-order valence-corrected chi connectivity index (χ2v) is 5.23. The molecule has 0 radical (unpaired) electrons. The Kier molecular flexibility index (Phi) is 3.68. The molecule has 1 aromatic heterocycles. The van der Waals surface area contributed by atoms with E-state index in [0.29, 0.717) is 5.69 Å². The van der Waals surface area contributed by atoms with Crippen LogP contribution in [0.4, 0.5) is 0 Å². The van der Waals surface area contributed by atoms with Crippen molar-refractivity contribution in [2.75, 3.05) is 14.1 Å². The molecule has 0 aliphatic carbocycles. The molecule has 90 valence electrons. The zero-order valence-corrected chi connectivity index (χ0v) is 10.1. The van der Waals surface area contributed by atoms with Crippen molar-refractivity contribution in [2.45, 2.75) is 0 Å². The van der Waals surface area contributed by atoms with Crippen molar-refractivity contribution in [2.24, 2.45) is 7.05 Å². The topological polar surface area (TPSA) is 83.4 Å². The summed E-state index contributed by atoms with van der Waals surface area (Å²) in [5, 5.41) is 0. The normalized spacial score (nSPS) is 11.8. The van der Waals surface area contributed by atoms with E-state index in [1.807, 2.05) is 4.83 Å². The summed E-state index contributed by atoms with van der Waals surface area (Å²) >= 11 is 0. The van der Waals surface area contributed by atoms with E-state index >= 15 is 0 Å². The number of carbonyl (C=O) groups excluding carboxylic acids is 1. The summed E-state index contributed by atoms with van der Waals surface area (Å²) in [6, 6.07) is 3.27. The van der Waals surface area contributed by atoms with Gasteiger partial charge in [-0.1, -0.05) is 0 Å². The first-order valence-corrected chi connectivity index (χ1v) is 5.89. The van der Waals surface area contributed by atoms with E-state index in [1.54, 1.807) is 29.9 Å². The van der Waals surface area contributed by atoms with Gasteiger partial charge in [0.05, 0.1) is 0 Å². The van der Waals surface area contributed by atoms with Crippen LogP contribution in [0.5, 0.6) is 0 Å². The van der Waals surface area contributed by atoms with Crippen molar-refractivity contribution >= 4 is 16.1 Å². The fraction of sp³-hybridized carbons (Fsp3) is 0.375. The molecule has 0 saturated heterocycles. The summed E-state index contributed by atoms with van der Waals surface area (Å²) in [6.45, 7) is 0. The number of aryl methyl sites for hydroxylation is 1. The Balaban J connectivity index is 2.65. The molecular formula is C8H14N4O3S. The van der Waals surface area contributed by atoms with Gasteiger partial charge in [0.25, 0.3) is 16.1 Å². The average molecular weight is 246 g/mol. The maximum atomic E-state index is 11.5. The first-order chi connectivity index (χ1) is 7.34. The van der Waals surface area contributed by atoms with Crippen LogP contribution in [-0.2, 0) is 17.3 Å². The van der Waals surface area contributed by atoms with Crippen molar-refractivity contribution in [1.82, 2.24) is 19.1 Å². The molecule has 0 saturated carbocycles. The molecule has 16 heavy (non-hydrogen) atoms. The highest BCUT2D eigenvalue weighted by atomic mass is 32.2. The highest BCUT2D eigenvalue weighted by Gasteiger charge is 2.15. The summed E-state index contributed by atoms with van der Waals surface area (Å²) in [5.74, 6) is -0.516. The third kappa shape index (κ3) is 2.81. The quantitative estimate of drug-likeness (QED) is 0.673. The first kappa shape index (κ1) is 12.7. The standard InChI is InChI=1S/C8H14N4O3S/c1-11(2)16(14,15)10-9-8(13)7-5-4-6-12(7)3/h4-6,10H,1-3H3,(H,9,13). The molecule has 1 rings (SSSR count). The molecule has 0 bridgehead atoms. The lowest BCUT2D eigenvalue weighted by Gasteiger charge is -2.13. The smallest absolute Gasteiger partial charge is 0.295 e. The van der Waals surface area contributed by atoms with E-state index in [2.05, 4.69) is 5.43 Å². The number of hydrogen-bond acceptors (Lipinski definition) is 3. The zero-order valence-electron chi connectivity index (χ0n) is 9.26. The van der Waals surface area contributed by atoms with Crippen LogP contribution in [0.25, 0.3) is 0 Å². The van der Waals surface area contributed by atoms with E-state index in [0.717, 1.165) is 4.31 Å². The minimum Gasteiger partial charge on any atom is -0.347 e. The lowest BCUT2D eigenvalue weighted by molar-refractivity contribution is 0.0936. The molecule has 0 atom stereocenters. The molecule has 8 heteroatoms. The number of carbonyl (C=O) groups is 1. The van der Waals surface area contributed by atoms with Crippen LogP contribution in [0.3, 0.4) is 0 Å². The van der Waals surface area contributed by atoms with Gasteiger partial charge < -0.3 is 4.57 Å². The summed E-state index contributed by atoms with van der Waals surface area (Å²) < 4.78 is 25.1. The number of hydrogen-bond donors (Lipinski definition) is 2. The maximum Gasteiger partial charge on any atom is 0.295 e. The average Bonchev–Trinajstić information content (AvgIpc) is 2.61. The lowest BCUT2D eigenvalue weighted by Crippen LogP contribution is -2.47. The van der Waals surface area contributed by atoms with Crippen molar-refractivity contribution in [1.29, 1.82) is 0 Å². The molecule has 0 spiro atoms. The summed E-state index contributed by atoms with van der Waals surface area (Å²) in [6.07, 6.45) is 1.69. The first-order valence-electron chi connectivity index (χ1n) is 4.45. The van der Waals surface area contributed by atoms with Gasteiger partial charge in [-0.05, 0) is 12.1 Å². The maximum absolute atomic E-state index is 11.5. The molecule has 1 amide bonds. The van der Waals surface area contributed by atoms with Gasteiger partial charge in [0.2, 0.25) is 0 Å². The minimum atomic E-state index is -3.66. The number of nitrogens with one attached hydrogen (secondary N) is 2. The van der Waals surface area contributed by atoms with E-state index in [-0.39, 0.29) is 0 Å². The van der Waals surface area contributed by atoms with Gasteiger partial charge in [-0.3, -0.25) is 10.2 Å². The molecule has 0 aromatic carbocycles. The second kappa shape index (κ2) is 4.64. The van der Waals surface area contributed by atoms with Gasteiger partial charge in [0, 0.05) is 27.3 Å². The van der Waals surface area contributed by atoms with E-state index < -0.39 is 16.1 Å². The van der Waals surface area contributed by atoms with Gasteiger partial charge >= 0.3 is 0 Å². The largest absolute Gasteiger partial charge is 0.347 e. The predicted octanol–water partition coefficient (Wildman–Crippen LogP) is -0.934. The highest BCUT2D eigenvalue weighted by molar-refractivity contribution is 7.87. The van der Waals surface area contributed by atoms with E-state index in [1.165, 1.54) is 14.1 Å². The van der Waals surface area contributed by atoms with Gasteiger partial charge in [-0.25, -0.2) is 0 Å². The number of rotatable bonds is 4. The lowest BCUT2D eigenvalue weighted by atomic mass is 10.4. The number of hydrazine groups is 1. The minimum absolute atomic E-state index is 0.362. The van der Waals surface area contributed by atoms with Crippen LogP contribution >= 0.6 is 0 Å². The van der Waals surface area contributed by atoms with Crippen LogP contribution in [0.1, 0.15) is 10.5 Å². The van der Waals surface area contributed by atoms with Crippen LogP contribution in [0, 0.1) is 0 Å². The molecule has 0 aliphatic rings. The SMILES string of the molecule is CN(C)S(=O)(=O)NNC(=O)c1cccn1C. The Morgan fingerprint density at radius 2 is 2.06 bits per heavy atom. The molecule has 2 N–H and O–H groups in total.